The minimum absolute atomic E-state index is 0.451. The first-order chi connectivity index (χ1) is 12.1. The molecule has 3 N–H and O–H groups in total. The standard InChI is InChI=1S/C19H21ClN2O3/c20-17-11-14(7-8-16(17)15-5-2-1-3-6-15)13-21-9-4-10-22-18(23)12-19(24)25/h1-3,5-8,11,21H,4,9-10,12-13H2,(H,22,23)(H,24,25). The highest BCUT2D eigenvalue weighted by Gasteiger charge is 2.06. The molecule has 0 saturated heterocycles. The Morgan fingerprint density at radius 2 is 1.80 bits per heavy atom. The van der Waals surface area contributed by atoms with Gasteiger partial charge < -0.3 is 15.7 Å². The minimum atomic E-state index is -1.12. The van der Waals surface area contributed by atoms with Gasteiger partial charge in [-0.1, -0.05) is 54.1 Å². The minimum Gasteiger partial charge on any atom is -0.481 e. The Labute approximate surface area is 152 Å². The van der Waals surface area contributed by atoms with Crippen LogP contribution < -0.4 is 10.6 Å². The van der Waals surface area contributed by atoms with E-state index >= 15 is 0 Å². The predicted molar refractivity (Wildman–Crippen MR) is 98.5 cm³/mol. The van der Waals surface area contributed by atoms with E-state index in [9.17, 15) is 9.59 Å². The molecular weight excluding hydrogens is 340 g/mol. The summed E-state index contributed by atoms with van der Waals surface area (Å²) >= 11 is 6.38. The fourth-order valence-corrected chi connectivity index (χ4v) is 2.71. The second-order valence-corrected chi connectivity index (χ2v) is 6.04. The van der Waals surface area contributed by atoms with Crippen LogP contribution in [0, 0.1) is 0 Å². The third-order valence-corrected chi connectivity index (χ3v) is 3.92. The van der Waals surface area contributed by atoms with Gasteiger partial charge in [0.2, 0.25) is 5.91 Å². The smallest absolute Gasteiger partial charge is 0.312 e. The van der Waals surface area contributed by atoms with E-state index in [1.807, 2.05) is 48.5 Å². The summed E-state index contributed by atoms with van der Waals surface area (Å²) in [5, 5.41) is 15.0. The van der Waals surface area contributed by atoms with Gasteiger partial charge in [0.25, 0.3) is 0 Å². The van der Waals surface area contributed by atoms with Crippen molar-refractivity contribution in [1.82, 2.24) is 10.6 Å². The van der Waals surface area contributed by atoms with Crippen molar-refractivity contribution in [3.05, 3.63) is 59.1 Å². The average Bonchev–Trinajstić information content (AvgIpc) is 2.58. The lowest BCUT2D eigenvalue weighted by molar-refractivity contribution is -0.140. The van der Waals surface area contributed by atoms with Crippen LogP contribution in [0.15, 0.2) is 48.5 Å². The van der Waals surface area contributed by atoms with Gasteiger partial charge in [0.05, 0.1) is 0 Å². The van der Waals surface area contributed by atoms with Gasteiger partial charge in [0.15, 0.2) is 0 Å². The van der Waals surface area contributed by atoms with Crippen LogP contribution in [0.4, 0.5) is 0 Å². The number of carbonyl (C=O) groups is 2. The quantitative estimate of drug-likeness (QED) is 0.474. The Kier molecular flexibility index (Phi) is 7.44. The molecule has 0 spiro atoms. The second kappa shape index (κ2) is 9.81. The third-order valence-electron chi connectivity index (χ3n) is 3.61. The lowest BCUT2D eigenvalue weighted by Crippen LogP contribution is -2.28. The topological polar surface area (TPSA) is 78.4 Å². The van der Waals surface area contributed by atoms with Gasteiger partial charge in [-0.2, -0.15) is 0 Å². The summed E-state index contributed by atoms with van der Waals surface area (Å²) in [7, 11) is 0. The molecule has 2 rings (SSSR count). The van der Waals surface area contributed by atoms with Crippen molar-refractivity contribution in [2.75, 3.05) is 13.1 Å². The van der Waals surface area contributed by atoms with Gasteiger partial charge >= 0.3 is 5.97 Å². The van der Waals surface area contributed by atoms with Crippen LogP contribution >= 0.6 is 11.6 Å². The number of hydrogen-bond donors (Lipinski definition) is 3. The number of benzene rings is 2. The van der Waals surface area contributed by atoms with Crippen molar-refractivity contribution < 1.29 is 14.7 Å². The summed E-state index contributed by atoms with van der Waals surface area (Å²) in [6.07, 6.45) is 0.237. The number of nitrogens with one attached hydrogen (secondary N) is 2. The first-order valence-electron chi connectivity index (χ1n) is 8.09. The Bertz CT molecular complexity index is 720. The maximum Gasteiger partial charge on any atom is 0.312 e. The summed E-state index contributed by atoms with van der Waals surface area (Å²) in [5.74, 6) is -1.58. The molecule has 0 fully saturated rings. The molecule has 25 heavy (non-hydrogen) atoms. The van der Waals surface area contributed by atoms with E-state index in [2.05, 4.69) is 10.6 Å². The molecule has 0 unspecified atom stereocenters. The molecule has 0 aliphatic heterocycles. The van der Waals surface area contributed by atoms with Crippen LogP contribution in [-0.4, -0.2) is 30.1 Å². The maximum absolute atomic E-state index is 11.2. The average molecular weight is 361 g/mol. The molecule has 5 nitrogen and oxygen atoms in total. The molecule has 0 bridgehead atoms. The Hall–Kier alpha value is -2.37. The zero-order valence-electron chi connectivity index (χ0n) is 13.8. The zero-order valence-corrected chi connectivity index (χ0v) is 14.6. The highest BCUT2D eigenvalue weighted by molar-refractivity contribution is 6.33. The van der Waals surface area contributed by atoms with Crippen LogP contribution in [0.2, 0.25) is 5.02 Å². The molecule has 0 atom stereocenters. The molecule has 0 saturated carbocycles. The summed E-state index contributed by atoms with van der Waals surface area (Å²) in [5.41, 5.74) is 3.18. The molecule has 6 heteroatoms. The molecule has 0 aliphatic rings. The van der Waals surface area contributed by atoms with Crippen molar-refractivity contribution in [3.8, 4) is 11.1 Å². The predicted octanol–water partition coefficient (Wildman–Crippen LogP) is 3.08. The zero-order chi connectivity index (χ0) is 18.1. The monoisotopic (exact) mass is 360 g/mol. The molecule has 132 valence electrons. The maximum atomic E-state index is 11.2. The summed E-state index contributed by atoms with van der Waals surface area (Å²) < 4.78 is 0. The summed E-state index contributed by atoms with van der Waals surface area (Å²) in [4.78, 5) is 21.5. The number of carboxylic acid groups (broad SMARTS) is 1. The number of aliphatic carboxylic acids is 1. The largest absolute Gasteiger partial charge is 0.481 e. The first-order valence-corrected chi connectivity index (χ1v) is 8.47. The molecule has 0 radical (unpaired) electrons. The van der Waals surface area contributed by atoms with E-state index < -0.39 is 18.3 Å². The number of halogens is 1. The van der Waals surface area contributed by atoms with Crippen molar-refractivity contribution in [3.63, 3.8) is 0 Å². The van der Waals surface area contributed by atoms with Gasteiger partial charge in [0, 0.05) is 23.7 Å². The fraction of sp³-hybridized carbons (Fsp3) is 0.263. The highest BCUT2D eigenvalue weighted by atomic mass is 35.5. The van der Waals surface area contributed by atoms with Gasteiger partial charge in [-0.05, 0) is 30.2 Å². The lowest BCUT2D eigenvalue weighted by atomic mass is 10.0. The Morgan fingerprint density at radius 3 is 2.48 bits per heavy atom. The molecule has 1 amide bonds. The molecule has 0 aliphatic carbocycles. The number of amides is 1. The lowest BCUT2D eigenvalue weighted by Gasteiger charge is -2.09. The van der Waals surface area contributed by atoms with E-state index in [1.54, 1.807) is 0 Å². The van der Waals surface area contributed by atoms with Gasteiger partial charge in [-0.25, -0.2) is 0 Å². The van der Waals surface area contributed by atoms with Gasteiger partial charge in [-0.15, -0.1) is 0 Å². The van der Waals surface area contributed by atoms with Crippen molar-refractivity contribution in [1.29, 1.82) is 0 Å². The Balaban J connectivity index is 1.72. The number of carbonyl (C=O) groups excluding carboxylic acids is 1. The normalized spacial score (nSPS) is 10.4. The summed E-state index contributed by atoms with van der Waals surface area (Å²) in [6.45, 7) is 1.84. The summed E-state index contributed by atoms with van der Waals surface area (Å²) in [6, 6.07) is 16.0. The second-order valence-electron chi connectivity index (χ2n) is 5.63. The van der Waals surface area contributed by atoms with E-state index in [-0.39, 0.29) is 0 Å². The SMILES string of the molecule is O=C(O)CC(=O)NCCCNCc1ccc(-c2ccccc2)c(Cl)c1. The van der Waals surface area contributed by atoms with Crippen LogP contribution in [0.1, 0.15) is 18.4 Å². The molecule has 2 aromatic carbocycles. The molecule has 0 heterocycles. The highest BCUT2D eigenvalue weighted by Crippen LogP contribution is 2.28. The van der Waals surface area contributed by atoms with E-state index in [0.29, 0.717) is 24.7 Å². The van der Waals surface area contributed by atoms with Crippen molar-refractivity contribution in [2.24, 2.45) is 0 Å². The number of carboxylic acids is 1. The number of rotatable bonds is 9. The first kappa shape index (κ1) is 19.0. The van der Waals surface area contributed by atoms with Gasteiger partial charge in [-0.3, -0.25) is 9.59 Å². The van der Waals surface area contributed by atoms with Crippen LogP contribution in [-0.2, 0) is 16.1 Å². The van der Waals surface area contributed by atoms with E-state index in [4.69, 9.17) is 16.7 Å². The third kappa shape index (κ3) is 6.57. The van der Waals surface area contributed by atoms with E-state index in [1.165, 1.54) is 0 Å². The number of hydrogen-bond acceptors (Lipinski definition) is 3. The van der Waals surface area contributed by atoms with Crippen molar-refractivity contribution in [2.45, 2.75) is 19.4 Å². The van der Waals surface area contributed by atoms with Gasteiger partial charge in [0.1, 0.15) is 6.42 Å². The van der Waals surface area contributed by atoms with Crippen molar-refractivity contribution >= 4 is 23.5 Å². The molecule has 0 aromatic heterocycles. The van der Waals surface area contributed by atoms with Crippen LogP contribution in [0.5, 0.6) is 0 Å². The van der Waals surface area contributed by atoms with E-state index in [0.717, 1.165) is 23.1 Å². The fourth-order valence-electron chi connectivity index (χ4n) is 2.39. The van der Waals surface area contributed by atoms with Crippen LogP contribution in [0.3, 0.4) is 0 Å². The molecule has 2 aromatic rings. The molecular formula is C19H21ClN2O3. The van der Waals surface area contributed by atoms with Crippen LogP contribution in [0.25, 0.3) is 11.1 Å². The Morgan fingerprint density at radius 1 is 1.04 bits per heavy atom.